The van der Waals surface area contributed by atoms with Crippen LogP contribution in [0, 0.1) is 19.7 Å². The zero-order valence-electron chi connectivity index (χ0n) is 19.7. The Bertz CT molecular complexity index is 1260. The van der Waals surface area contributed by atoms with E-state index in [0.717, 1.165) is 22.4 Å². The van der Waals surface area contributed by atoms with Gasteiger partial charge < -0.3 is 10.1 Å². The first kappa shape index (κ1) is 24.5. The van der Waals surface area contributed by atoms with E-state index >= 15 is 0 Å². The fourth-order valence-corrected chi connectivity index (χ4v) is 4.89. The maximum atomic E-state index is 13.4. The predicted octanol–water partition coefficient (Wildman–Crippen LogP) is 5.61. The monoisotopic (exact) mass is 491 g/mol. The summed E-state index contributed by atoms with van der Waals surface area (Å²) < 4.78 is 18.6. The first-order valence-corrected chi connectivity index (χ1v) is 12.0. The van der Waals surface area contributed by atoms with Gasteiger partial charge in [-0.05, 0) is 67.4 Å². The number of methoxy groups -OCH3 is 1. The van der Waals surface area contributed by atoms with Crippen molar-refractivity contribution < 1.29 is 18.7 Å². The average molecular weight is 492 g/mol. The minimum Gasteiger partial charge on any atom is -0.497 e. The molecule has 0 unspecified atom stereocenters. The van der Waals surface area contributed by atoms with E-state index in [9.17, 15) is 14.0 Å². The molecule has 8 heteroatoms. The van der Waals surface area contributed by atoms with Crippen LogP contribution in [0.25, 0.3) is 0 Å². The van der Waals surface area contributed by atoms with Crippen LogP contribution in [0.4, 0.5) is 15.8 Å². The van der Waals surface area contributed by atoms with E-state index in [0.29, 0.717) is 16.6 Å². The Kier molecular flexibility index (Phi) is 7.51. The fraction of sp³-hybridized carbons (Fsp3) is 0.222. The van der Waals surface area contributed by atoms with Crippen LogP contribution in [0.3, 0.4) is 0 Å². The summed E-state index contributed by atoms with van der Waals surface area (Å²) in [6, 6.07) is 19.0. The van der Waals surface area contributed by atoms with Gasteiger partial charge in [0.05, 0.1) is 19.3 Å². The molecule has 3 aromatic rings. The number of amides is 2. The lowest BCUT2D eigenvalue weighted by Gasteiger charge is -2.17. The van der Waals surface area contributed by atoms with E-state index in [2.05, 4.69) is 10.3 Å². The number of carbonyl (C=O) groups excluding carboxylic acids is 2. The zero-order valence-corrected chi connectivity index (χ0v) is 20.6. The van der Waals surface area contributed by atoms with Crippen LogP contribution in [-0.2, 0) is 16.1 Å². The number of anilines is 1. The second kappa shape index (κ2) is 10.7. The molecule has 0 aliphatic carbocycles. The van der Waals surface area contributed by atoms with E-state index in [-0.39, 0.29) is 30.6 Å². The van der Waals surface area contributed by atoms with E-state index in [1.54, 1.807) is 48.4 Å². The lowest BCUT2D eigenvalue weighted by molar-refractivity contribution is -0.128. The van der Waals surface area contributed by atoms with Gasteiger partial charge in [0.25, 0.3) is 0 Å². The topological polar surface area (TPSA) is 71.0 Å². The Balaban J connectivity index is 1.55. The minimum atomic E-state index is -0.613. The number of halogens is 1. The van der Waals surface area contributed by atoms with Crippen molar-refractivity contribution in [1.82, 2.24) is 4.90 Å². The second-order valence-corrected chi connectivity index (χ2v) is 9.49. The highest BCUT2D eigenvalue weighted by Gasteiger charge is 2.39. The lowest BCUT2D eigenvalue weighted by Crippen LogP contribution is -2.33. The highest BCUT2D eigenvalue weighted by atomic mass is 32.2. The molecule has 1 aliphatic rings. The summed E-state index contributed by atoms with van der Waals surface area (Å²) in [5.41, 5.74) is 4.22. The number of hydrogen-bond acceptors (Lipinski definition) is 5. The summed E-state index contributed by atoms with van der Waals surface area (Å²) >= 11 is 1.26. The molecule has 4 rings (SSSR count). The summed E-state index contributed by atoms with van der Waals surface area (Å²) in [6.07, 6.45) is 0.0123. The van der Waals surface area contributed by atoms with E-state index in [4.69, 9.17) is 4.74 Å². The standard InChI is InChI=1S/C27H26FN3O3S/c1-17-4-13-23(18(2)14-17)30-25(32)15-24-26(33)31(16-19-5-7-20(28)8-6-19)27(35-24)29-21-9-11-22(34-3)12-10-21/h4-14,24H,15-16H2,1-3H3,(H,30,32)/t24-/m1/s1. The van der Waals surface area contributed by atoms with Gasteiger partial charge in [-0.25, -0.2) is 9.38 Å². The van der Waals surface area contributed by atoms with Gasteiger partial charge >= 0.3 is 0 Å². The molecule has 1 fully saturated rings. The van der Waals surface area contributed by atoms with Gasteiger partial charge in [-0.15, -0.1) is 0 Å². The van der Waals surface area contributed by atoms with E-state index < -0.39 is 5.25 Å². The van der Waals surface area contributed by atoms with Crippen LogP contribution in [0.1, 0.15) is 23.1 Å². The highest BCUT2D eigenvalue weighted by molar-refractivity contribution is 8.15. The van der Waals surface area contributed by atoms with Crippen LogP contribution < -0.4 is 10.1 Å². The van der Waals surface area contributed by atoms with Crippen molar-refractivity contribution in [2.45, 2.75) is 32.1 Å². The quantitative estimate of drug-likeness (QED) is 0.466. The fourth-order valence-electron chi connectivity index (χ4n) is 3.73. The normalized spacial score (nSPS) is 16.6. The lowest BCUT2D eigenvalue weighted by atomic mass is 10.1. The SMILES string of the molecule is COc1ccc(N=C2S[C@H](CC(=O)Nc3ccc(C)cc3C)C(=O)N2Cc2ccc(F)cc2)cc1. The van der Waals surface area contributed by atoms with Crippen molar-refractivity contribution in [3.8, 4) is 5.75 Å². The molecule has 0 saturated carbocycles. The number of thioether (sulfide) groups is 1. The van der Waals surface area contributed by atoms with Crippen molar-refractivity contribution in [2.75, 3.05) is 12.4 Å². The molecule has 0 aromatic heterocycles. The molecule has 0 radical (unpaired) electrons. The van der Waals surface area contributed by atoms with Crippen molar-refractivity contribution in [2.24, 2.45) is 4.99 Å². The summed E-state index contributed by atoms with van der Waals surface area (Å²) in [6.45, 7) is 4.16. The predicted molar refractivity (Wildman–Crippen MR) is 138 cm³/mol. The molecule has 35 heavy (non-hydrogen) atoms. The molecular weight excluding hydrogens is 465 g/mol. The molecule has 2 amide bonds. The minimum absolute atomic E-state index is 0.0123. The first-order valence-electron chi connectivity index (χ1n) is 11.1. The van der Waals surface area contributed by atoms with Crippen LogP contribution in [0.2, 0.25) is 0 Å². The highest BCUT2D eigenvalue weighted by Crippen LogP contribution is 2.33. The van der Waals surface area contributed by atoms with Crippen LogP contribution >= 0.6 is 11.8 Å². The first-order chi connectivity index (χ1) is 16.8. The number of ether oxygens (including phenoxy) is 1. The molecular formula is C27H26FN3O3S. The largest absolute Gasteiger partial charge is 0.497 e. The second-order valence-electron chi connectivity index (χ2n) is 8.32. The number of benzene rings is 3. The van der Waals surface area contributed by atoms with Gasteiger partial charge in [-0.2, -0.15) is 0 Å². The molecule has 3 aromatic carbocycles. The smallest absolute Gasteiger partial charge is 0.242 e. The third-order valence-electron chi connectivity index (χ3n) is 5.60. The number of nitrogens with zero attached hydrogens (tertiary/aromatic N) is 2. The van der Waals surface area contributed by atoms with Crippen LogP contribution in [0.5, 0.6) is 5.75 Å². The number of carbonyl (C=O) groups is 2. The maximum Gasteiger partial charge on any atom is 0.242 e. The molecule has 0 bridgehead atoms. The third kappa shape index (κ3) is 6.08. The zero-order chi connectivity index (χ0) is 24.9. The average Bonchev–Trinajstić information content (AvgIpc) is 3.11. The number of amidine groups is 1. The van der Waals surface area contributed by atoms with Gasteiger partial charge in [-0.3, -0.25) is 14.5 Å². The Hall–Kier alpha value is -3.65. The number of rotatable bonds is 7. The maximum absolute atomic E-state index is 13.4. The number of aryl methyl sites for hydroxylation is 2. The Morgan fingerprint density at radius 3 is 2.46 bits per heavy atom. The number of nitrogens with one attached hydrogen (secondary N) is 1. The molecule has 0 spiro atoms. The summed E-state index contributed by atoms with van der Waals surface area (Å²) in [5.74, 6) is -0.0882. The molecule has 1 atom stereocenters. The molecule has 6 nitrogen and oxygen atoms in total. The van der Waals surface area contributed by atoms with Crippen LogP contribution in [-0.4, -0.2) is 34.2 Å². The molecule has 1 aliphatic heterocycles. The van der Waals surface area contributed by atoms with Crippen molar-refractivity contribution in [3.63, 3.8) is 0 Å². The Morgan fingerprint density at radius 1 is 1.09 bits per heavy atom. The van der Waals surface area contributed by atoms with Gasteiger partial charge in [0, 0.05) is 12.1 Å². The van der Waals surface area contributed by atoms with Gasteiger partial charge in [0.1, 0.15) is 16.8 Å². The Labute approximate surface area is 208 Å². The summed E-state index contributed by atoms with van der Waals surface area (Å²) in [4.78, 5) is 32.3. The molecule has 1 saturated heterocycles. The van der Waals surface area contributed by atoms with Crippen molar-refractivity contribution in [3.05, 3.63) is 89.2 Å². The Morgan fingerprint density at radius 2 is 1.80 bits per heavy atom. The van der Waals surface area contributed by atoms with Gasteiger partial charge in [-0.1, -0.05) is 41.6 Å². The molecule has 1 heterocycles. The molecule has 180 valence electrons. The summed E-state index contributed by atoms with van der Waals surface area (Å²) in [5, 5.41) is 2.80. The third-order valence-corrected chi connectivity index (χ3v) is 6.77. The van der Waals surface area contributed by atoms with Gasteiger partial charge in [0.2, 0.25) is 11.8 Å². The molecule has 1 N–H and O–H groups in total. The van der Waals surface area contributed by atoms with Gasteiger partial charge in [0.15, 0.2) is 5.17 Å². The summed E-state index contributed by atoms with van der Waals surface area (Å²) in [7, 11) is 1.59. The van der Waals surface area contributed by atoms with E-state index in [1.807, 2.05) is 32.0 Å². The van der Waals surface area contributed by atoms with Crippen molar-refractivity contribution >= 4 is 40.1 Å². The van der Waals surface area contributed by atoms with E-state index in [1.165, 1.54) is 23.9 Å². The number of hydrogen-bond donors (Lipinski definition) is 1. The van der Waals surface area contributed by atoms with Crippen molar-refractivity contribution in [1.29, 1.82) is 0 Å². The van der Waals surface area contributed by atoms with Crippen LogP contribution in [0.15, 0.2) is 71.7 Å². The number of aliphatic imine (C=N–C) groups is 1.